The molecule has 3 aromatic heterocycles. The molecular formula is C23H27N7O2. The van der Waals surface area contributed by atoms with E-state index in [1.807, 2.05) is 39.0 Å². The molecule has 9 heteroatoms. The predicted octanol–water partition coefficient (Wildman–Crippen LogP) is 2.24. The van der Waals surface area contributed by atoms with Gasteiger partial charge in [-0.15, -0.1) is 0 Å². The SMILES string of the molecule is Cc1nc2c(C(N)=O)cnn2c(C)c1CCC(=O)NCCCn1c(C)nc2ccccc21. The summed E-state index contributed by atoms with van der Waals surface area (Å²) >= 11 is 0. The first kappa shape index (κ1) is 21.5. The van der Waals surface area contributed by atoms with Gasteiger partial charge in [0, 0.05) is 30.9 Å². The molecule has 0 fully saturated rings. The molecule has 0 radical (unpaired) electrons. The number of nitrogens with one attached hydrogen (secondary N) is 1. The van der Waals surface area contributed by atoms with Crippen LogP contribution < -0.4 is 11.1 Å². The number of hydrogen-bond donors (Lipinski definition) is 2. The van der Waals surface area contributed by atoms with Crippen LogP contribution in [0.15, 0.2) is 30.5 Å². The molecule has 0 saturated heterocycles. The number of aryl methyl sites for hydroxylation is 4. The van der Waals surface area contributed by atoms with E-state index < -0.39 is 5.91 Å². The van der Waals surface area contributed by atoms with Gasteiger partial charge in [-0.05, 0) is 51.3 Å². The summed E-state index contributed by atoms with van der Waals surface area (Å²) in [5.74, 6) is 0.413. The van der Waals surface area contributed by atoms with Gasteiger partial charge in [0.2, 0.25) is 5.91 Å². The van der Waals surface area contributed by atoms with Crippen molar-refractivity contribution >= 4 is 28.5 Å². The summed E-state index contributed by atoms with van der Waals surface area (Å²) in [6, 6.07) is 8.07. The summed E-state index contributed by atoms with van der Waals surface area (Å²) in [6.45, 7) is 7.18. The van der Waals surface area contributed by atoms with Gasteiger partial charge in [0.15, 0.2) is 5.65 Å². The minimum absolute atomic E-state index is 0.00519. The first-order valence-electron chi connectivity index (χ1n) is 10.7. The minimum atomic E-state index is -0.558. The second-order valence-electron chi connectivity index (χ2n) is 7.92. The van der Waals surface area contributed by atoms with Gasteiger partial charge in [-0.1, -0.05) is 12.1 Å². The van der Waals surface area contributed by atoms with Crippen LogP contribution in [0.2, 0.25) is 0 Å². The van der Waals surface area contributed by atoms with E-state index in [-0.39, 0.29) is 5.91 Å². The van der Waals surface area contributed by atoms with Gasteiger partial charge in [-0.2, -0.15) is 5.10 Å². The third kappa shape index (κ3) is 4.05. The van der Waals surface area contributed by atoms with Crippen LogP contribution in [0.25, 0.3) is 16.7 Å². The number of nitrogens with two attached hydrogens (primary N) is 1. The van der Waals surface area contributed by atoms with E-state index in [1.165, 1.54) is 6.20 Å². The number of rotatable bonds is 8. The second kappa shape index (κ2) is 8.78. The zero-order valence-corrected chi connectivity index (χ0v) is 18.6. The summed E-state index contributed by atoms with van der Waals surface area (Å²) in [6.07, 6.45) is 3.15. The van der Waals surface area contributed by atoms with Crippen LogP contribution in [-0.2, 0) is 17.8 Å². The van der Waals surface area contributed by atoms with Gasteiger partial charge in [0.1, 0.15) is 11.4 Å². The molecule has 0 bridgehead atoms. The number of fused-ring (bicyclic) bond motifs is 2. The lowest BCUT2D eigenvalue weighted by Crippen LogP contribution is -2.26. The first-order valence-corrected chi connectivity index (χ1v) is 10.7. The van der Waals surface area contributed by atoms with Crippen LogP contribution in [0, 0.1) is 20.8 Å². The molecule has 0 spiro atoms. The predicted molar refractivity (Wildman–Crippen MR) is 121 cm³/mol. The highest BCUT2D eigenvalue weighted by Gasteiger charge is 2.17. The lowest BCUT2D eigenvalue weighted by atomic mass is 10.1. The molecule has 0 aliphatic heterocycles. The highest BCUT2D eigenvalue weighted by molar-refractivity contribution is 5.98. The molecule has 0 saturated carbocycles. The fourth-order valence-corrected chi connectivity index (χ4v) is 4.12. The Balaban J connectivity index is 1.33. The number of primary amides is 1. The molecule has 9 nitrogen and oxygen atoms in total. The Labute approximate surface area is 185 Å². The summed E-state index contributed by atoms with van der Waals surface area (Å²) in [5, 5.41) is 7.23. The molecule has 166 valence electrons. The maximum absolute atomic E-state index is 12.4. The van der Waals surface area contributed by atoms with E-state index in [0.29, 0.717) is 30.6 Å². The van der Waals surface area contributed by atoms with Gasteiger partial charge < -0.3 is 15.6 Å². The maximum atomic E-state index is 12.4. The summed E-state index contributed by atoms with van der Waals surface area (Å²) in [7, 11) is 0. The van der Waals surface area contributed by atoms with Crippen molar-refractivity contribution in [3.05, 3.63) is 58.8 Å². The fraction of sp³-hybridized carbons (Fsp3) is 0.348. The molecule has 1 aromatic carbocycles. The number of hydrogen-bond acceptors (Lipinski definition) is 5. The molecule has 0 aliphatic carbocycles. The topological polar surface area (TPSA) is 120 Å². The molecule has 3 N–H and O–H groups in total. The van der Waals surface area contributed by atoms with Gasteiger partial charge in [0.25, 0.3) is 5.91 Å². The Hall–Kier alpha value is -3.75. The van der Waals surface area contributed by atoms with Crippen molar-refractivity contribution in [2.24, 2.45) is 5.73 Å². The Morgan fingerprint density at radius 2 is 1.91 bits per heavy atom. The number of imidazole rings is 1. The Morgan fingerprint density at radius 1 is 1.12 bits per heavy atom. The number of carbonyl (C=O) groups excluding carboxylic acids is 2. The van der Waals surface area contributed by atoms with E-state index in [1.54, 1.807) is 4.52 Å². The van der Waals surface area contributed by atoms with Crippen molar-refractivity contribution in [2.75, 3.05) is 6.54 Å². The quantitative estimate of drug-likeness (QED) is 0.413. The van der Waals surface area contributed by atoms with Crippen molar-refractivity contribution in [1.82, 2.24) is 29.5 Å². The van der Waals surface area contributed by atoms with Crippen LogP contribution in [0.4, 0.5) is 0 Å². The smallest absolute Gasteiger partial charge is 0.254 e. The maximum Gasteiger partial charge on any atom is 0.254 e. The largest absolute Gasteiger partial charge is 0.365 e. The third-order valence-electron chi connectivity index (χ3n) is 5.80. The second-order valence-corrected chi connectivity index (χ2v) is 7.92. The molecule has 32 heavy (non-hydrogen) atoms. The standard InChI is InChI=1S/C23H27N7O2/c1-14-17(15(2)30-23(27-14)18(13-26-30)22(24)32)9-10-21(31)25-11-6-12-29-16(3)28-19-7-4-5-8-20(19)29/h4-5,7-8,13H,6,9-12H2,1-3H3,(H2,24,32)(H,25,31). The average Bonchev–Trinajstić information content (AvgIpc) is 3.31. The van der Waals surface area contributed by atoms with Crippen LogP contribution in [-0.4, -0.2) is 42.5 Å². The minimum Gasteiger partial charge on any atom is -0.365 e. The molecule has 0 unspecified atom stereocenters. The highest BCUT2D eigenvalue weighted by atomic mass is 16.1. The van der Waals surface area contributed by atoms with Gasteiger partial charge in [-0.3, -0.25) is 9.59 Å². The molecule has 4 aromatic rings. The van der Waals surface area contributed by atoms with E-state index in [2.05, 4.69) is 31.0 Å². The van der Waals surface area contributed by atoms with E-state index in [0.717, 1.165) is 46.8 Å². The number of nitrogens with zero attached hydrogens (tertiary/aromatic N) is 5. The summed E-state index contributed by atoms with van der Waals surface area (Å²) < 4.78 is 3.79. The fourth-order valence-electron chi connectivity index (χ4n) is 4.12. The van der Waals surface area contributed by atoms with Gasteiger partial charge in [-0.25, -0.2) is 14.5 Å². The zero-order chi connectivity index (χ0) is 22.8. The lowest BCUT2D eigenvalue weighted by molar-refractivity contribution is -0.121. The van der Waals surface area contributed by atoms with Gasteiger partial charge >= 0.3 is 0 Å². The molecule has 0 atom stereocenters. The monoisotopic (exact) mass is 433 g/mol. The Bertz CT molecular complexity index is 1320. The van der Waals surface area contributed by atoms with Crippen molar-refractivity contribution < 1.29 is 9.59 Å². The number of benzene rings is 1. The molecule has 3 heterocycles. The zero-order valence-electron chi connectivity index (χ0n) is 18.6. The van der Waals surface area contributed by atoms with Crippen LogP contribution in [0.5, 0.6) is 0 Å². The van der Waals surface area contributed by atoms with Crippen molar-refractivity contribution in [3.8, 4) is 0 Å². The molecule has 2 amide bonds. The summed E-state index contributed by atoms with van der Waals surface area (Å²) in [5.41, 5.74) is 10.8. The lowest BCUT2D eigenvalue weighted by Gasteiger charge is -2.12. The number of amides is 2. The third-order valence-corrected chi connectivity index (χ3v) is 5.80. The number of para-hydroxylation sites is 2. The van der Waals surface area contributed by atoms with E-state index in [4.69, 9.17) is 5.73 Å². The number of aromatic nitrogens is 5. The summed E-state index contributed by atoms with van der Waals surface area (Å²) in [4.78, 5) is 33.0. The highest BCUT2D eigenvalue weighted by Crippen LogP contribution is 2.19. The van der Waals surface area contributed by atoms with E-state index in [9.17, 15) is 9.59 Å². The number of carbonyl (C=O) groups is 2. The van der Waals surface area contributed by atoms with Crippen LogP contribution in [0.3, 0.4) is 0 Å². The van der Waals surface area contributed by atoms with Crippen molar-refractivity contribution in [3.63, 3.8) is 0 Å². The van der Waals surface area contributed by atoms with Crippen LogP contribution in [0.1, 0.15) is 46.0 Å². The Morgan fingerprint density at radius 3 is 2.69 bits per heavy atom. The van der Waals surface area contributed by atoms with Crippen molar-refractivity contribution in [2.45, 2.75) is 46.6 Å². The Kier molecular flexibility index (Phi) is 5.89. The molecule has 0 aliphatic rings. The van der Waals surface area contributed by atoms with E-state index >= 15 is 0 Å². The van der Waals surface area contributed by atoms with Crippen molar-refractivity contribution in [1.29, 1.82) is 0 Å². The van der Waals surface area contributed by atoms with Gasteiger partial charge in [0.05, 0.1) is 17.2 Å². The average molecular weight is 434 g/mol. The molecular weight excluding hydrogens is 406 g/mol. The van der Waals surface area contributed by atoms with Crippen LogP contribution >= 0.6 is 0 Å². The molecule has 4 rings (SSSR count). The normalized spacial score (nSPS) is 11.3. The first-order chi connectivity index (χ1) is 15.4.